The number of sulfonamides is 1. The second kappa shape index (κ2) is 7.71. The smallest absolute Gasteiger partial charge is 0.315 e. The van der Waals surface area contributed by atoms with Gasteiger partial charge >= 0.3 is 5.97 Å². The number of para-hydroxylation sites is 1. The lowest BCUT2D eigenvalue weighted by Crippen LogP contribution is -2.47. The van der Waals surface area contributed by atoms with E-state index in [4.69, 9.17) is 4.74 Å². The largest absolute Gasteiger partial charge is 0.459 e. The number of aryl methyl sites for hydroxylation is 1. The van der Waals surface area contributed by atoms with E-state index in [-0.39, 0.29) is 17.9 Å². The van der Waals surface area contributed by atoms with Crippen LogP contribution in [0, 0.1) is 12.8 Å². The number of aromatic amines is 1. The number of fused-ring (bicyclic) bond motifs is 6. The molecular formula is C26H30N2O4S. The molecule has 7 heteroatoms. The molecule has 1 saturated heterocycles. The molecule has 174 valence electrons. The molecule has 0 radical (unpaired) electrons. The summed E-state index contributed by atoms with van der Waals surface area (Å²) in [4.78, 5) is 17.1. The van der Waals surface area contributed by atoms with E-state index in [1.54, 1.807) is 16.4 Å². The molecular weight excluding hydrogens is 436 g/mol. The number of carbonyl (C=O) groups is 1. The lowest BCUT2D eigenvalue weighted by atomic mass is 9.72. The minimum Gasteiger partial charge on any atom is -0.459 e. The number of aromatic nitrogens is 1. The van der Waals surface area contributed by atoms with Crippen LogP contribution in [0.5, 0.6) is 0 Å². The molecule has 1 aliphatic carbocycles. The molecule has 0 unspecified atom stereocenters. The topological polar surface area (TPSA) is 79.5 Å². The second-order valence-corrected chi connectivity index (χ2v) is 12.1. The number of benzene rings is 2. The van der Waals surface area contributed by atoms with Crippen molar-refractivity contribution in [1.82, 2.24) is 9.29 Å². The Labute approximate surface area is 195 Å². The van der Waals surface area contributed by atoms with Gasteiger partial charge < -0.3 is 9.72 Å². The van der Waals surface area contributed by atoms with Crippen molar-refractivity contribution in [2.75, 3.05) is 6.54 Å². The minimum atomic E-state index is -3.68. The van der Waals surface area contributed by atoms with Gasteiger partial charge in [0.1, 0.15) is 11.5 Å². The van der Waals surface area contributed by atoms with Crippen molar-refractivity contribution in [1.29, 1.82) is 0 Å². The number of piperidine rings is 1. The minimum absolute atomic E-state index is 0.0230. The summed E-state index contributed by atoms with van der Waals surface area (Å²) in [5, 5.41) is 0.968. The number of ether oxygens (including phenoxy) is 1. The van der Waals surface area contributed by atoms with E-state index in [0.717, 1.165) is 27.7 Å². The van der Waals surface area contributed by atoms with Gasteiger partial charge in [0.2, 0.25) is 10.0 Å². The van der Waals surface area contributed by atoms with Crippen molar-refractivity contribution in [3.05, 3.63) is 65.4 Å². The van der Waals surface area contributed by atoms with E-state index in [1.807, 2.05) is 64.1 Å². The molecule has 2 bridgehead atoms. The van der Waals surface area contributed by atoms with Crippen LogP contribution in [0.4, 0.5) is 0 Å². The quantitative estimate of drug-likeness (QED) is 0.548. The van der Waals surface area contributed by atoms with E-state index in [9.17, 15) is 13.2 Å². The number of nitrogens with one attached hydrogen (secondary N) is 1. The van der Waals surface area contributed by atoms with Crippen LogP contribution in [0.2, 0.25) is 0 Å². The van der Waals surface area contributed by atoms with E-state index >= 15 is 0 Å². The average Bonchev–Trinajstić information content (AvgIpc) is 3.12. The Hall–Kier alpha value is -2.64. The Balaban J connectivity index is 1.63. The van der Waals surface area contributed by atoms with Crippen molar-refractivity contribution in [2.24, 2.45) is 5.92 Å². The highest BCUT2D eigenvalue weighted by Crippen LogP contribution is 2.52. The Morgan fingerprint density at radius 3 is 2.48 bits per heavy atom. The summed E-state index contributed by atoms with van der Waals surface area (Å²) in [5.74, 6) is -0.643. The van der Waals surface area contributed by atoms with Crippen molar-refractivity contribution < 1.29 is 17.9 Å². The first-order valence-corrected chi connectivity index (χ1v) is 12.9. The molecule has 6 nitrogen and oxygen atoms in total. The molecule has 0 spiro atoms. The third kappa shape index (κ3) is 3.77. The number of esters is 1. The summed E-state index contributed by atoms with van der Waals surface area (Å²) in [6.07, 6.45) is 1.21. The lowest BCUT2D eigenvalue weighted by Gasteiger charge is -2.45. The Morgan fingerprint density at radius 1 is 1.09 bits per heavy atom. The Bertz CT molecular complexity index is 1320. The fourth-order valence-electron chi connectivity index (χ4n) is 5.37. The van der Waals surface area contributed by atoms with Crippen molar-refractivity contribution in [3.63, 3.8) is 0 Å². The number of nitrogens with zero attached hydrogens (tertiary/aromatic N) is 1. The zero-order chi connectivity index (χ0) is 23.5. The normalized spacial score (nSPS) is 23.3. The maximum atomic E-state index is 13.7. The van der Waals surface area contributed by atoms with Gasteiger partial charge in [-0.05, 0) is 70.2 Å². The number of H-pyrrole nitrogens is 1. The van der Waals surface area contributed by atoms with Gasteiger partial charge in [0, 0.05) is 23.1 Å². The van der Waals surface area contributed by atoms with Crippen LogP contribution in [-0.2, 0) is 19.6 Å². The van der Waals surface area contributed by atoms with E-state index < -0.39 is 21.5 Å². The summed E-state index contributed by atoms with van der Waals surface area (Å²) >= 11 is 0. The van der Waals surface area contributed by atoms with E-state index in [1.165, 1.54) is 0 Å². The van der Waals surface area contributed by atoms with Crippen molar-refractivity contribution >= 4 is 26.9 Å². The third-order valence-corrected chi connectivity index (χ3v) is 8.70. The maximum Gasteiger partial charge on any atom is 0.315 e. The average molecular weight is 467 g/mol. The maximum absolute atomic E-state index is 13.7. The molecule has 1 aliphatic heterocycles. The van der Waals surface area contributed by atoms with Gasteiger partial charge in [-0.2, -0.15) is 4.31 Å². The van der Waals surface area contributed by atoms with Gasteiger partial charge in [0.05, 0.1) is 10.9 Å². The predicted octanol–water partition coefficient (Wildman–Crippen LogP) is 5.06. The molecule has 1 N–H and O–H groups in total. The zero-order valence-corrected chi connectivity index (χ0v) is 20.3. The van der Waals surface area contributed by atoms with Crippen LogP contribution in [0.25, 0.3) is 10.9 Å². The molecule has 2 heterocycles. The van der Waals surface area contributed by atoms with Gasteiger partial charge in [0.25, 0.3) is 0 Å². The second-order valence-electron chi connectivity index (χ2n) is 10.2. The molecule has 2 aliphatic rings. The van der Waals surface area contributed by atoms with Crippen LogP contribution >= 0.6 is 0 Å². The molecule has 33 heavy (non-hydrogen) atoms. The molecule has 1 fully saturated rings. The summed E-state index contributed by atoms with van der Waals surface area (Å²) < 4.78 is 34.8. The zero-order valence-electron chi connectivity index (χ0n) is 19.5. The molecule has 5 rings (SSSR count). The molecule has 0 amide bonds. The fraction of sp³-hybridized carbons (Fsp3) is 0.423. The predicted molar refractivity (Wildman–Crippen MR) is 127 cm³/mol. The molecule has 0 saturated carbocycles. The van der Waals surface area contributed by atoms with E-state index in [2.05, 4.69) is 4.98 Å². The first kappa shape index (κ1) is 22.2. The molecule has 3 aromatic rings. The van der Waals surface area contributed by atoms with Crippen LogP contribution in [0.3, 0.4) is 0 Å². The van der Waals surface area contributed by atoms with Crippen molar-refractivity contribution in [2.45, 2.75) is 63.0 Å². The standard InChI is InChI=1S/C26H30N2O4S/c1-16-9-11-18(12-10-16)33(30,31)28-14-13-17-15-21(28)23-19-7-5-6-8-20(19)27-24(23)22(17)25(29)32-26(2,3)4/h5-12,17,21-22,27H,13-15H2,1-4H3/t17-,21+,22-/m0/s1. The summed E-state index contributed by atoms with van der Waals surface area (Å²) in [6.45, 7) is 7.94. The molecule has 1 aromatic heterocycles. The van der Waals surface area contributed by atoms with Gasteiger partial charge in [-0.15, -0.1) is 0 Å². The monoisotopic (exact) mass is 466 g/mol. The van der Waals surface area contributed by atoms with Gasteiger partial charge in [0.15, 0.2) is 0 Å². The van der Waals surface area contributed by atoms with Gasteiger partial charge in [-0.3, -0.25) is 4.79 Å². The first-order valence-electron chi connectivity index (χ1n) is 11.5. The summed E-state index contributed by atoms with van der Waals surface area (Å²) in [7, 11) is -3.68. The Kier molecular flexibility index (Phi) is 5.18. The fourth-order valence-corrected chi connectivity index (χ4v) is 6.99. The number of hydrogen-bond donors (Lipinski definition) is 1. The highest BCUT2D eigenvalue weighted by molar-refractivity contribution is 7.89. The van der Waals surface area contributed by atoms with Crippen molar-refractivity contribution in [3.8, 4) is 0 Å². The van der Waals surface area contributed by atoms with Gasteiger partial charge in [-0.25, -0.2) is 8.42 Å². The number of carbonyl (C=O) groups excluding carboxylic acids is 1. The van der Waals surface area contributed by atoms with Crippen LogP contribution < -0.4 is 0 Å². The SMILES string of the molecule is Cc1ccc(S(=O)(=O)N2CC[C@H]3C[C@@H]2c2c([nH]c4ccccc24)[C@H]3C(=O)OC(C)(C)C)cc1. The van der Waals surface area contributed by atoms with Crippen LogP contribution in [0.15, 0.2) is 53.4 Å². The molecule has 3 atom stereocenters. The van der Waals surface area contributed by atoms with Crippen LogP contribution in [0.1, 0.15) is 62.4 Å². The van der Waals surface area contributed by atoms with Gasteiger partial charge in [-0.1, -0.05) is 35.9 Å². The summed E-state index contributed by atoms with van der Waals surface area (Å²) in [6, 6.07) is 14.6. The highest BCUT2D eigenvalue weighted by atomic mass is 32.2. The highest BCUT2D eigenvalue weighted by Gasteiger charge is 2.49. The molecule has 2 aromatic carbocycles. The first-order chi connectivity index (χ1) is 15.6. The number of hydrogen-bond acceptors (Lipinski definition) is 4. The number of rotatable bonds is 3. The van der Waals surface area contributed by atoms with E-state index in [0.29, 0.717) is 24.3 Å². The van der Waals surface area contributed by atoms with Crippen LogP contribution in [-0.4, -0.2) is 35.8 Å². The lowest BCUT2D eigenvalue weighted by molar-refractivity contribution is -0.159. The summed E-state index contributed by atoms with van der Waals surface area (Å²) in [5.41, 5.74) is 3.06. The Morgan fingerprint density at radius 2 is 1.79 bits per heavy atom. The third-order valence-electron chi connectivity index (χ3n) is 6.77.